The lowest BCUT2D eigenvalue weighted by Crippen LogP contribution is -2.17. The Morgan fingerprint density at radius 1 is 1.15 bits per heavy atom. The van der Waals surface area contributed by atoms with Crippen LogP contribution < -0.4 is 0 Å². The number of benzene rings is 1. The molecular weight excluding hydrogens is 294 g/mol. The summed E-state index contributed by atoms with van der Waals surface area (Å²) in [5, 5.41) is -1.42. The van der Waals surface area contributed by atoms with Crippen molar-refractivity contribution in [3.8, 4) is 0 Å². The van der Waals surface area contributed by atoms with Gasteiger partial charge in [0.15, 0.2) is 0 Å². The van der Waals surface area contributed by atoms with Crippen molar-refractivity contribution in [3.05, 3.63) is 35.9 Å². The highest BCUT2D eigenvalue weighted by Crippen LogP contribution is 2.10. The van der Waals surface area contributed by atoms with Gasteiger partial charge in [-0.25, -0.2) is 4.39 Å². The fourth-order valence-electron chi connectivity index (χ4n) is 0.878. The molecule has 1 nitrogen and oxygen atoms in total. The molecule has 0 amide bonds. The summed E-state index contributed by atoms with van der Waals surface area (Å²) in [5.41, 5.74) is 0.560. The standard InChI is InChI=1S/C8H8F3N.HI/c9-8(12(10)11)6-7-4-2-1-3-5-7;/h1-5,8H,6H2;1H. The lowest BCUT2D eigenvalue weighted by atomic mass is 10.1. The summed E-state index contributed by atoms with van der Waals surface area (Å²) < 4.78 is 35.5. The SMILES string of the molecule is FC(Cc1ccccc1)N(F)F.I. The van der Waals surface area contributed by atoms with Gasteiger partial charge in [-0.1, -0.05) is 39.3 Å². The number of nitrogens with zero attached hydrogens (tertiary/aromatic N) is 1. The third kappa shape index (κ3) is 4.47. The van der Waals surface area contributed by atoms with Crippen LogP contribution in [-0.2, 0) is 6.42 Å². The van der Waals surface area contributed by atoms with Gasteiger partial charge < -0.3 is 0 Å². The van der Waals surface area contributed by atoms with Crippen LogP contribution in [0.1, 0.15) is 5.56 Å². The van der Waals surface area contributed by atoms with E-state index in [0.717, 1.165) is 0 Å². The van der Waals surface area contributed by atoms with Crippen molar-refractivity contribution in [3.63, 3.8) is 0 Å². The van der Waals surface area contributed by atoms with Crippen LogP contribution in [0.15, 0.2) is 30.3 Å². The zero-order valence-electron chi connectivity index (χ0n) is 6.66. The lowest BCUT2D eigenvalue weighted by molar-refractivity contribution is -0.222. The summed E-state index contributed by atoms with van der Waals surface area (Å²) in [7, 11) is 0. The Balaban J connectivity index is 0.00000144. The average Bonchev–Trinajstić information content (AvgIpc) is 2.06. The van der Waals surface area contributed by atoms with Crippen molar-refractivity contribution in [2.45, 2.75) is 12.7 Å². The first-order valence-electron chi connectivity index (χ1n) is 3.49. The second kappa shape index (κ2) is 6.20. The maximum absolute atomic E-state index is 12.4. The molecule has 0 bridgehead atoms. The first kappa shape index (κ1) is 12.7. The van der Waals surface area contributed by atoms with Gasteiger partial charge in [0.25, 0.3) is 0 Å². The quantitative estimate of drug-likeness (QED) is 0.471. The molecule has 1 aromatic carbocycles. The number of alkyl halides is 1. The molecule has 0 aliphatic carbocycles. The lowest BCUT2D eigenvalue weighted by Gasteiger charge is -2.06. The predicted octanol–water partition coefficient (Wildman–Crippen LogP) is 3.21. The molecule has 0 aliphatic heterocycles. The molecule has 5 heteroatoms. The highest BCUT2D eigenvalue weighted by atomic mass is 127. The van der Waals surface area contributed by atoms with Crippen LogP contribution in [-0.4, -0.2) is 11.6 Å². The predicted molar refractivity (Wildman–Crippen MR) is 54.5 cm³/mol. The van der Waals surface area contributed by atoms with Gasteiger partial charge >= 0.3 is 0 Å². The normalized spacial score (nSPS) is 12.3. The van der Waals surface area contributed by atoms with E-state index in [4.69, 9.17) is 0 Å². The Morgan fingerprint density at radius 2 is 1.69 bits per heavy atom. The molecule has 0 spiro atoms. The first-order valence-corrected chi connectivity index (χ1v) is 3.49. The molecule has 0 saturated heterocycles. The smallest absolute Gasteiger partial charge is 0.216 e. The van der Waals surface area contributed by atoms with Crippen molar-refractivity contribution in [1.29, 1.82) is 0 Å². The topological polar surface area (TPSA) is 3.24 Å². The minimum Gasteiger partial charge on any atom is -0.224 e. The molecule has 1 aromatic rings. The van der Waals surface area contributed by atoms with Gasteiger partial charge in [0, 0.05) is 6.42 Å². The monoisotopic (exact) mass is 303 g/mol. The maximum Gasteiger partial charge on any atom is 0.216 e. The van der Waals surface area contributed by atoms with Crippen molar-refractivity contribution < 1.29 is 13.4 Å². The summed E-state index contributed by atoms with van der Waals surface area (Å²) in [6.07, 6.45) is -2.50. The van der Waals surface area contributed by atoms with Crippen molar-refractivity contribution in [1.82, 2.24) is 5.34 Å². The third-order valence-electron chi connectivity index (χ3n) is 1.46. The largest absolute Gasteiger partial charge is 0.224 e. The van der Waals surface area contributed by atoms with Gasteiger partial charge in [0.2, 0.25) is 6.30 Å². The molecule has 0 fully saturated rings. The molecular formula is C8H9F3IN. The van der Waals surface area contributed by atoms with Crippen LogP contribution >= 0.6 is 24.0 Å². The summed E-state index contributed by atoms with van der Waals surface area (Å²) in [6, 6.07) is 8.33. The van der Waals surface area contributed by atoms with E-state index >= 15 is 0 Å². The molecule has 0 N–H and O–H groups in total. The molecule has 0 aromatic heterocycles. The zero-order chi connectivity index (χ0) is 8.97. The van der Waals surface area contributed by atoms with Crippen LogP contribution in [0.25, 0.3) is 0 Å². The summed E-state index contributed by atoms with van der Waals surface area (Å²) in [6.45, 7) is 0. The van der Waals surface area contributed by atoms with Gasteiger partial charge in [-0.15, -0.1) is 24.0 Å². The van der Waals surface area contributed by atoms with E-state index in [1.807, 2.05) is 0 Å². The minimum absolute atomic E-state index is 0. The first-order chi connectivity index (χ1) is 5.70. The molecule has 0 aliphatic rings. The van der Waals surface area contributed by atoms with Crippen molar-refractivity contribution >= 4 is 24.0 Å². The Bertz CT molecular complexity index is 230. The van der Waals surface area contributed by atoms with Gasteiger partial charge in [-0.3, -0.25) is 0 Å². The Labute approximate surface area is 91.4 Å². The summed E-state index contributed by atoms with van der Waals surface area (Å²) in [4.78, 5) is 0. The molecule has 74 valence electrons. The van der Waals surface area contributed by atoms with Crippen LogP contribution in [0.4, 0.5) is 13.4 Å². The fraction of sp³-hybridized carbons (Fsp3) is 0.250. The highest BCUT2D eigenvalue weighted by molar-refractivity contribution is 14.0. The molecule has 0 saturated carbocycles. The Hall–Kier alpha value is -0.300. The highest BCUT2D eigenvalue weighted by Gasteiger charge is 2.16. The fourth-order valence-corrected chi connectivity index (χ4v) is 0.878. The van der Waals surface area contributed by atoms with Crippen LogP contribution in [0.2, 0.25) is 0 Å². The zero-order valence-corrected chi connectivity index (χ0v) is 8.99. The number of hydrogen-bond acceptors (Lipinski definition) is 1. The van der Waals surface area contributed by atoms with Gasteiger partial charge in [-0.2, -0.15) is 0 Å². The molecule has 1 atom stereocenters. The van der Waals surface area contributed by atoms with Gasteiger partial charge in [0.05, 0.1) is 5.34 Å². The van der Waals surface area contributed by atoms with E-state index in [9.17, 15) is 13.4 Å². The molecule has 1 unspecified atom stereocenters. The summed E-state index contributed by atoms with van der Waals surface area (Å²) in [5.74, 6) is 0. The number of rotatable bonds is 3. The number of halogens is 4. The van der Waals surface area contributed by atoms with E-state index in [1.54, 1.807) is 30.3 Å². The van der Waals surface area contributed by atoms with E-state index in [0.29, 0.717) is 5.56 Å². The Kier molecular flexibility index (Phi) is 6.06. The molecule has 13 heavy (non-hydrogen) atoms. The summed E-state index contributed by atoms with van der Waals surface area (Å²) >= 11 is 0. The Morgan fingerprint density at radius 3 is 2.15 bits per heavy atom. The third-order valence-corrected chi connectivity index (χ3v) is 1.46. The minimum atomic E-state index is -2.22. The van der Waals surface area contributed by atoms with E-state index < -0.39 is 11.6 Å². The second-order valence-corrected chi connectivity index (χ2v) is 2.38. The van der Waals surface area contributed by atoms with Crippen LogP contribution in [0.3, 0.4) is 0 Å². The molecule has 1 rings (SSSR count). The molecule has 0 heterocycles. The van der Waals surface area contributed by atoms with E-state index in [2.05, 4.69) is 0 Å². The van der Waals surface area contributed by atoms with E-state index in [-0.39, 0.29) is 30.4 Å². The van der Waals surface area contributed by atoms with Crippen LogP contribution in [0, 0.1) is 0 Å². The number of hydrogen-bond donors (Lipinski definition) is 0. The van der Waals surface area contributed by atoms with Crippen molar-refractivity contribution in [2.24, 2.45) is 0 Å². The molecule has 0 radical (unpaired) electrons. The average molecular weight is 303 g/mol. The van der Waals surface area contributed by atoms with Crippen LogP contribution in [0.5, 0.6) is 0 Å². The van der Waals surface area contributed by atoms with Gasteiger partial charge in [-0.05, 0) is 5.56 Å². The van der Waals surface area contributed by atoms with Crippen molar-refractivity contribution in [2.75, 3.05) is 0 Å². The second-order valence-electron chi connectivity index (χ2n) is 2.38. The maximum atomic E-state index is 12.4. The van der Waals surface area contributed by atoms with E-state index in [1.165, 1.54) is 0 Å². The van der Waals surface area contributed by atoms with Gasteiger partial charge in [0.1, 0.15) is 0 Å².